The summed E-state index contributed by atoms with van der Waals surface area (Å²) in [4.78, 5) is 17.9. The van der Waals surface area contributed by atoms with E-state index in [9.17, 15) is 4.79 Å². The number of benzene rings is 1. The van der Waals surface area contributed by atoms with Crippen molar-refractivity contribution in [3.63, 3.8) is 0 Å². The summed E-state index contributed by atoms with van der Waals surface area (Å²) in [5.74, 6) is 0.245. The largest absolute Gasteiger partial charge is 0.293 e. The number of thiazole rings is 1. The minimum atomic E-state index is 0.0319. The molecule has 0 aliphatic heterocycles. The Kier molecular flexibility index (Phi) is 3.33. The lowest BCUT2D eigenvalue weighted by Crippen LogP contribution is -2.25. The number of fused-ring (bicyclic) bond motifs is 1. The van der Waals surface area contributed by atoms with Crippen molar-refractivity contribution >= 4 is 33.0 Å². The van der Waals surface area contributed by atoms with E-state index in [4.69, 9.17) is 4.98 Å². The van der Waals surface area contributed by atoms with E-state index in [0.29, 0.717) is 6.42 Å². The van der Waals surface area contributed by atoms with Gasteiger partial charge >= 0.3 is 0 Å². The van der Waals surface area contributed by atoms with E-state index in [2.05, 4.69) is 48.8 Å². The number of nitrogens with zero attached hydrogens (tertiary/aromatic N) is 1. The summed E-state index contributed by atoms with van der Waals surface area (Å²) < 4.78 is 1.07. The summed E-state index contributed by atoms with van der Waals surface area (Å²) in [6, 6.07) is 6.18. The molecule has 0 fully saturated rings. The fourth-order valence-corrected chi connectivity index (χ4v) is 4.29. The summed E-state index contributed by atoms with van der Waals surface area (Å²) in [7, 11) is 0. The van der Waals surface area contributed by atoms with Crippen LogP contribution in [0.15, 0.2) is 22.7 Å². The molecule has 0 amide bonds. The molecule has 1 aromatic heterocycles. The van der Waals surface area contributed by atoms with Crippen molar-refractivity contribution in [2.75, 3.05) is 0 Å². The molecule has 0 N–H and O–H groups in total. The molecular weight excluding hydrogens is 334 g/mol. The van der Waals surface area contributed by atoms with E-state index in [1.54, 1.807) is 11.3 Å². The third-order valence-corrected chi connectivity index (χ3v) is 5.32. The van der Waals surface area contributed by atoms with E-state index in [1.165, 1.54) is 5.56 Å². The molecule has 0 spiro atoms. The van der Waals surface area contributed by atoms with Crippen molar-refractivity contribution in [2.45, 2.75) is 33.6 Å². The lowest BCUT2D eigenvalue weighted by atomic mass is 9.78. The molecule has 20 heavy (non-hydrogen) atoms. The highest BCUT2D eigenvalue weighted by atomic mass is 79.9. The van der Waals surface area contributed by atoms with Gasteiger partial charge in [-0.25, -0.2) is 4.98 Å². The maximum absolute atomic E-state index is 12.2. The fraction of sp³-hybridized carbons (Fsp3) is 0.375. The SMILES string of the molecule is Cc1cc(Br)ccc1-c1nc2c(s1)C(=O)CC(C)(C)C2. The van der Waals surface area contributed by atoms with Crippen molar-refractivity contribution in [3.05, 3.63) is 38.8 Å². The number of aryl methyl sites for hydroxylation is 1. The highest BCUT2D eigenvalue weighted by Crippen LogP contribution is 2.40. The predicted molar refractivity (Wildman–Crippen MR) is 86.4 cm³/mol. The summed E-state index contributed by atoms with van der Waals surface area (Å²) in [5.41, 5.74) is 3.31. The molecule has 0 saturated heterocycles. The van der Waals surface area contributed by atoms with Crippen LogP contribution in [0.4, 0.5) is 0 Å². The molecule has 2 nitrogen and oxygen atoms in total. The predicted octanol–water partition coefficient (Wildman–Crippen LogP) is 5.04. The van der Waals surface area contributed by atoms with E-state index >= 15 is 0 Å². The van der Waals surface area contributed by atoms with E-state index in [0.717, 1.165) is 32.0 Å². The van der Waals surface area contributed by atoms with Gasteiger partial charge in [-0.05, 0) is 36.5 Å². The topological polar surface area (TPSA) is 30.0 Å². The van der Waals surface area contributed by atoms with Crippen LogP contribution >= 0.6 is 27.3 Å². The molecule has 1 aromatic carbocycles. The number of carbonyl (C=O) groups is 1. The normalized spacial score (nSPS) is 17.1. The Balaban J connectivity index is 2.08. The minimum absolute atomic E-state index is 0.0319. The Labute approximate surface area is 131 Å². The number of halogens is 1. The van der Waals surface area contributed by atoms with Gasteiger partial charge in [0.25, 0.3) is 0 Å². The molecule has 104 valence electrons. The molecule has 3 rings (SSSR count). The number of carbonyl (C=O) groups excluding carboxylic acids is 1. The van der Waals surface area contributed by atoms with Crippen molar-refractivity contribution < 1.29 is 4.79 Å². The van der Waals surface area contributed by atoms with Crippen molar-refractivity contribution in [3.8, 4) is 10.6 Å². The third-order valence-electron chi connectivity index (χ3n) is 3.65. The number of aromatic nitrogens is 1. The van der Waals surface area contributed by atoms with E-state index in [1.807, 2.05) is 6.07 Å². The van der Waals surface area contributed by atoms with Gasteiger partial charge in [0.1, 0.15) is 5.01 Å². The second-order valence-corrected chi connectivity index (χ2v) is 8.11. The van der Waals surface area contributed by atoms with Gasteiger partial charge in [-0.3, -0.25) is 4.79 Å². The van der Waals surface area contributed by atoms with Gasteiger partial charge in [0.05, 0.1) is 10.6 Å². The highest BCUT2D eigenvalue weighted by Gasteiger charge is 2.34. The molecule has 0 unspecified atom stereocenters. The lowest BCUT2D eigenvalue weighted by Gasteiger charge is -2.26. The molecular formula is C16H16BrNOS. The molecule has 0 bridgehead atoms. The zero-order chi connectivity index (χ0) is 14.5. The second kappa shape index (κ2) is 4.78. The van der Waals surface area contributed by atoms with E-state index in [-0.39, 0.29) is 11.2 Å². The minimum Gasteiger partial charge on any atom is -0.293 e. The van der Waals surface area contributed by atoms with Gasteiger partial charge in [-0.15, -0.1) is 11.3 Å². The van der Waals surface area contributed by atoms with Crippen LogP contribution in [0.5, 0.6) is 0 Å². The number of ketones is 1. The quantitative estimate of drug-likeness (QED) is 0.722. The van der Waals surface area contributed by atoms with Crippen LogP contribution in [-0.2, 0) is 6.42 Å². The third kappa shape index (κ3) is 2.47. The van der Waals surface area contributed by atoms with Crippen LogP contribution in [-0.4, -0.2) is 10.8 Å². The first-order valence-electron chi connectivity index (χ1n) is 6.65. The lowest BCUT2D eigenvalue weighted by molar-refractivity contribution is 0.0916. The summed E-state index contributed by atoms with van der Waals surface area (Å²) in [5, 5.41) is 0.964. The van der Waals surface area contributed by atoms with Crippen LogP contribution in [0.1, 0.15) is 41.2 Å². The molecule has 0 atom stereocenters. The van der Waals surface area contributed by atoms with Gasteiger partial charge < -0.3 is 0 Å². The van der Waals surface area contributed by atoms with Gasteiger partial charge in [-0.1, -0.05) is 35.8 Å². The molecule has 4 heteroatoms. The monoisotopic (exact) mass is 349 g/mol. The van der Waals surface area contributed by atoms with Gasteiger partial charge in [0.15, 0.2) is 5.78 Å². The smallest absolute Gasteiger partial charge is 0.175 e. The summed E-state index contributed by atoms with van der Waals surface area (Å²) in [6.07, 6.45) is 1.51. The first-order chi connectivity index (χ1) is 9.35. The molecule has 0 saturated carbocycles. The Bertz CT molecular complexity index is 702. The van der Waals surface area contributed by atoms with Crippen LogP contribution in [0.2, 0.25) is 0 Å². The van der Waals surface area contributed by atoms with Crippen LogP contribution in [0, 0.1) is 12.3 Å². The maximum Gasteiger partial charge on any atom is 0.175 e. The standard InChI is InChI=1S/C16H16BrNOS/c1-9-6-10(17)4-5-11(9)15-18-12-7-16(2,3)8-13(19)14(12)20-15/h4-6H,7-8H2,1-3H3. The van der Waals surface area contributed by atoms with Crippen LogP contribution < -0.4 is 0 Å². The van der Waals surface area contributed by atoms with Gasteiger partial charge in [0, 0.05) is 16.5 Å². The van der Waals surface area contributed by atoms with Crippen molar-refractivity contribution in [2.24, 2.45) is 5.41 Å². The number of Topliss-reactive ketones (excluding diaryl/α,β-unsaturated/α-hetero) is 1. The number of hydrogen-bond acceptors (Lipinski definition) is 3. The Morgan fingerprint density at radius 3 is 2.75 bits per heavy atom. The van der Waals surface area contributed by atoms with Crippen molar-refractivity contribution in [1.29, 1.82) is 0 Å². The second-order valence-electron chi connectivity index (χ2n) is 6.20. The maximum atomic E-state index is 12.2. The summed E-state index contributed by atoms with van der Waals surface area (Å²) >= 11 is 5.02. The van der Waals surface area contributed by atoms with Gasteiger partial charge in [-0.2, -0.15) is 0 Å². The first-order valence-corrected chi connectivity index (χ1v) is 8.26. The average molecular weight is 350 g/mol. The Hall–Kier alpha value is -1.00. The average Bonchev–Trinajstić information content (AvgIpc) is 2.70. The highest BCUT2D eigenvalue weighted by molar-refractivity contribution is 9.10. The molecule has 0 radical (unpaired) electrons. The van der Waals surface area contributed by atoms with E-state index < -0.39 is 0 Å². The number of rotatable bonds is 1. The molecule has 2 aromatic rings. The first kappa shape index (κ1) is 14.0. The Morgan fingerprint density at radius 1 is 1.30 bits per heavy atom. The number of hydrogen-bond donors (Lipinski definition) is 0. The zero-order valence-electron chi connectivity index (χ0n) is 11.8. The molecule has 1 heterocycles. The molecule has 1 aliphatic rings. The van der Waals surface area contributed by atoms with Crippen LogP contribution in [0.25, 0.3) is 10.6 Å². The zero-order valence-corrected chi connectivity index (χ0v) is 14.2. The Morgan fingerprint density at radius 2 is 2.05 bits per heavy atom. The van der Waals surface area contributed by atoms with Crippen molar-refractivity contribution in [1.82, 2.24) is 4.98 Å². The van der Waals surface area contributed by atoms with Crippen LogP contribution in [0.3, 0.4) is 0 Å². The molecule has 1 aliphatic carbocycles. The fourth-order valence-electron chi connectivity index (χ4n) is 2.70. The summed E-state index contributed by atoms with van der Waals surface area (Å²) in [6.45, 7) is 6.35. The van der Waals surface area contributed by atoms with Gasteiger partial charge in [0.2, 0.25) is 0 Å².